The Labute approximate surface area is 143 Å². The van der Waals surface area contributed by atoms with Crippen molar-refractivity contribution in [1.82, 2.24) is 15.0 Å². The van der Waals surface area contributed by atoms with Crippen molar-refractivity contribution in [1.29, 1.82) is 0 Å². The van der Waals surface area contributed by atoms with Crippen molar-refractivity contribution in [2.24, 2.45) is 0 Å². The van der Waals surface area contributed by atoms with E-state index in [1.165, 1.54) is 6.26 Å². The number of hydrogen-bond donors (Lipinski definition) is 2. The van der Waals surface area contributed by atoms with E-state index in [-0.39, 0.29) is 0 Å². The second-order valence-electron chi connectivity index (χ2n) is 5.48. The van der Waals surface area contributed by atoms with E-state index in [1.54, 1.807) is 12.4 Å². The van der Waals surface area contributed by atoms with Gasteiger partial charge in [-0.2, -0.15) is 0 Å². The Morgan fingerprint density at radius 2 is 1.71 bits per heavy atom. The fourth-order valence-electron chi connectivity index (χ4n) is 2.05. The largest absolute Gasteiger partial charge is 0.489 e. The van der Waals surface area contributed by atoms with E-state index in [9.17, 15) is 8.42 Å². The second kappa shape index (κ2) is 9.36. The van der Waals surface area contributed by atoms with Crippen LogP contribution < -0.4 is 14.8 Å². The van der Waals surface area contributed by atoms with Gasteiger partial charge in [-0.15, -0.1) is 0 Å². The average molecular weight is 349 g/mol. The molecule has 0 unspecified atom stereocenters. The third-order valence-electron chi connectivity index (χ3n) is 3.30. The number of sulfonamides is 1. The van der Waals surface area contributed by atoms with Crippen LogP contribution in [-0.4, -0.2) is 32.7 Å². The Kier molecular flexibility index (Phi) is 7.17. The zero-order valence-electron chi connectivity index (χ0n) is 13.7. The van der Waals surface area contributed by atoms with E-state index >= 15 is 0 Å². The first-order chi connectivity index (χ1) is 11.5. The molecule has 0 aliphatic heterocycles. The van der Waals surface area contributed by atoms with Crippen molar-refractivity contribution in [3.8, 4) is 5.75 Å². The van der Waals surface area contributed by atoms with Crippen LogP contribution in [0.3, 0.4) is 0 Å². The molecule has 0 saturated heterocycles. The van der Waals surface area contributed by atoms with Gasteiger partial charge >= 0.3 is 0 Å². The van der Waals surface area contributed by atoms with E-state index < -0.39 is 10.0 Å². The summed E-state index contributed by atoms with van der Waals surface area (Å²) in [6.45, 7) is 2.47. The van der Waals surface area contributed by atoms with Crippen molar-refractivity contribution in [2.75, 3.05) is 19.3 Å². The summed E-state index contributed by atoms with van der Waals surface area (Å²) in [4.78, 5) is 3.97. The van der Waals surface area contributed by atoms with Gasteiger partial charge in [0.1, 0.15) is 12.4 Å². The molecule has 0 radical (unpaired) electrons. The predicted molar refractivity (Wildman–Crippen MR) is 94.2 cm³/mol. The summed E-state index contributed by atoms with van der Waals surface area (Å²) >= 11 is 0. The van der Waals surface area contributed by atoms with Gasteiger partial charge in [0.25, 0.3) is 0 Å². The quantitative estimate of drug-likeness (QED) is 0.638. The van der Waals surface area contributed by atoms with Gasteiger partial charge in [0.2, 0.25) is 10.0 Å². The Bertz CT molecular complexity index is 704. The number of hydrogen-bond acceptors (Lipinski definition) is 5. The summed E-state index contributed by atoms with van der Waals surface area (Å²) in [5.41, 5.74) is 2.24. The Morgan fingerprint density at radius 1 is 1.00 bits per heavy atom. The van der Waals surface area contributed by atoms with E-state index in [4.69, 9.17) is 4.74 Å². The van der Waals surface area contributed by atoms with Gasteiger partial charge in [0, 0.05) is 25.5 Å². The molecule has 0 bridgehead atoms. The molecule has 1 aromatic carbocycles. The van der Waals surface area contributed by atoms with E-state index in [0.717, 1.165) is 36.4 Å². The average Bonchev–Trinajstić information content (AvgIpc) is 2.57. The lowest BCUT2D eigenvalue weighted by molar-refractivity contribution is 0.306. The normalized spacial score (nSPS) is 11.4. The number of ether oxygens (including phenoxy) is 1. The van der Waals surface area contributed by atoms with E-state index in [1.807, 2.05) is 36.4 Å². The first kappa shape index (κ1) is 18.4. The molecule has 2 N–H and O–H groups in total. The van der Waals surface area contributed by atoms with Crippen molar-refractivity contribution in [3.05, 3.63) is 59.9 Å². The van der Waals surface area contributed by atoms with Crippen LogP contribution in [0.25, 0.3) is 0 Å². The molecule has 6 nitrogen and oxygen atoms in total. The van der Waals surface area contributed by atoms with Crippen LogP contribution in [0.4, 0.5) is 0 Å². The Morgan fingerprint density at radius 3 is 2.38 bits per heavy atom. The minimum Gasteiger partial charge on any atom is -0.489 e. The molecule has 0 atom stereocenters. The summed E-state index contributed by atoms with van der Waals surface area (Å²) in [7, 11) is -3.09. The van der Waals surface area contributed by atoms with Crippen molar-refractivity contribution in [3.63, 3.8) is 0 Å². The summed E-state index contributed by atoms with van der Waals surface area (Å²) in [5, 5.41) is 3.28. The number of benzene rings is 1. The van der Waals surface area contributed by atoms with Gasteiger partial charge in [-0.05, 0) is 48.4 Å². The van der Waals surface area contributed by atoms with Crippen molar-refractivity contribution >= 4 is 10.0 Å². The minimum atomic E-state index is -3.09. The Hall–Kier alpha value is -1.96. The maximum absolute atomic E-state index is 10.9. The molecule has 0 amide bonds. The van der Waals surface area contributed by atoms with Crippen LogP contribution in [-0.2, 0) is 23.2 Å². The molecular weight excluding hydrogens is 326 g/mol. The van der Waals surface area contributed by atoms with Gasteiger partial charge < -0.3 is 10.1 Å². The Balaban J connectivity index is 1.65. The lowest BCUT2D eigenvalue weighted by Crippen LogP contribution is -2.26. The molecule has 2 aromatic rings. The molecule has 1 aromatic heterocycles. The van der Waals surface area contributed by atoms with Crippen molar-refractivity contribution in [2.45, 2.75) is 19.6 Å². The standard InChI is InChI=1S/C17H23N3O3S/c1-24(21,22)20-10-2-9-19-13-15-3-5-17(6-4-15)23-14-16-7-11-18-12-8-16/h3-8,11-12,19-20H,2,9-10,13-14H2,1H3. The van der Waals surface area contributed by atoms with Crippen LogP contribution in [0.15, 0.2) is 48.8 Å². The molecule has 130 valence electrons. The number of aromatic nitrogens is 1. The monoisotopic (exact) mass is 349 g/mol. The first-order valence-corrected chi connectivity index (χ1v) is 9.68. The lowest BCUT2D eigenvalue weighted by atomic mass is 10.2. The molecule has 0 saturated carbocycles. The number of pyridine rings is 1. The fraction of sp³-hybridized carbons (Fsp3) is 0.353. The maximum Gasteiger partial charge on any atom is 0.208 e. The lowest BCUT2D eigenvalue weighted by Gasteiger charge is -2.08. The first-order valence-electron chi connectivity index (χ1n) is 7.79. The van der Waals surface area contributed by atoms with E-state index in [0.29, 0.717) is 13.2 Å². The summed E-state index contributed by atoms with van der Waals surface area (Å²) in [6, 6.07) is 11.8. The molecule has 7 heteroatoms. The molecule has 0 fully saturated rings. The van der Waals surface area contributed by atoms with Crippen LogP contribution in [0.5, 0.6) is 5.75 Å². The predicted octanol–water partition coefficient (Wildman–Crippen LogP) is 1.69. The highest BCUT2D eigenvalue weighted by Gasteiger charge is 1.99. The maximum atomic E-state index is 10.9. The van der Waals surface area contributed by atoms with Gasteiger partial charge in [-0.25, -0.2) is 13.1 Å². The van der Waals surface area contributed by atoms with Crippen LogP contribution >= 0.6 is 0 Å². The zero-order valence-corrected chi connectivity index (χ0v) is 14.6. The minimum absolute atomic E-state index is 0.452. The number of rotatable bonds is 10. The fourth-order valence-corrected chi connectivity index (χ4v) is 2.57. The van der Waals surface area contributed by atoms with Crippen LogP contribution in [0, 0.1) is 0 Å². The van der Waals surface area contributed by atoms with Crippen LogP contribution in [0.2, 0.25) is 0 Å². The highest BCUT2D eigenvalue weighted by molar-refractivity contribution is 7.88. The molecule has 0 aliphatic rings. The second-order valence-corrected chi connectivity index (χ2v) is 7.32. The summed E-state index contributed by atoms with van der Waals surface area (Å²) in [6.07, 6.45) is 5.41. The molecule has 2 rings (SSSR count). The summed E-state index contributed by atoms with van der Waals surface area (Å²) in [5.74, 6) is 0.827. The molecule has 24 heavy (non-hydrogen) atoms. The van der Waals surface area contributed by atoms with Gasteiger partial charge in [0.05, 0.1) is 6.26 Å². The third-order valence-corrected chi connectivity index (χ3v) is 4.03. The number of nitrogens with one attached hydrogen (secondary N) is 2. The topological polar surface area (TPSA) is 80.3 Å². The third kappa shape index (κ3) is 7.54. The smallest absolute Gasteiger partial charge is 0.208 e. The zero-order chi connectivity index (χ0) is 17.3. The molecule has 0 aliphatic carbocycles. The highest BCUT2D eigenvalue weighted by Crippen LogP contribution is 2.14. The number of nitrogens with zero attached hydrogens (tertiary/aromatic N) is 1. The molecular formula is C17H23N3O3S. The molecule has 0 spiro atoms. The summed E-state index contributed by atoms with van der Waals surface area (Å²) < 4.78 is 30.0. The van der Waals surface area contributed by atoms with Gasteiger partial charge in [-0.3, -0.25) is 4.98 Å². The SMILES string of the molecule is CS(=O)(=O)NCCCNCc1ccc(OCc2ccncc2)cc1. The van der Waals surface area contributed by atoms with Crippen molar-refractivity contribution < 1.29 is 13.2 Å². The van der Waals surface area contributed by atoms with Crippen LogP contribution in [0.1, 0.15) is 17.5 Å². The molecule has 1 heterocycles. The van der Waals surface area contributed by atoms with E-state index in [2.05, 4.69) is 15.0 Å². The highest BCUT2D eigenvalue weighted by atomic mass is 32.2. The van der Waals surface area contributed by atoms with Gasteiger partial charge in [-0.1, -0.05) is 12.1 Å². The van der Waals surface area contributed by atoms with Gasteiger partial charge in [0.15, 0.2) is 0 Å².